The predicted octanol–water partition coefficient (Wildman–Crippen LogP) is 4.03. The van der Waals surface area contributed by atoms with Crippen LogP contribution < -0.4 is 0 Å². The van der Waals surface area contributed by atoms with Crippen LogP contribution >= 0.6 is 0 Å². The fourth-order valence-corrected chi connectivity index (χ4v) is 2.99. The summed E-state index contributed by atoms with van der Waals surface area (Å²) in [6, 6.07) is 8.83. The van der Waals surface area contributed by atoms with Crippen molar-refractivity contribution in [1.29, 1.82) is 5.26 Å². The summed E-state index contributed by atoms with van der Waals surface area (Å²) < 4.78 is 18.8. The Morgan fingerprint density at radius 3 is 2.68 bits per heavy atom. The number of rotatable bonds is 3. The molecule has 2 rings (SSSR count). The molecule has 1 heterocycles. The molecular formula is C16H20FNO. The molecule has 1 saturated heterocycles. The Hall–Kier alpha value is -1.40. The van der Waals surface area contributed by atoms with Crippen molar-refractivity contribution in [2.45, 2.75) is 44.6 Å². The average Bonchev–Trinajstić information content (AvgIpc) is 2.36. The molecule has 102 valence electrons. The van der Waals surface area contributed by atoms with E-state index in [0.29, 0.717) is 12.3 Å². The van der Waals surface area contributed by atoms with Gasteiger partial charge in [-0.15, -0.1) is 0 Å². The highest BCUT2D eigenvalue weighted by molar-refractivity contribution is 5.22. The summed E-state index contributed by atoms with van der Waals surface area (Å²) in [6.07, 6.45) is 2.39. The van der Waals surface area contributed by atoms with Gasteiger partial charge in [-0.3, -0.25) is 0 Å². The number of nitriles is 1. The van der Waals surface area contributed by atoms with Crippen molar-refractivity contribution in [3.63, 3.8) is 0 Å². The normalized spacial score (nSPS) is 23.6. The van der Waals surface area contributed by atoms with Crippen molar-refractivity contribution in [3.8, 4) is 6.07 Å². The third-order valence-corrected chi connectivity index (χ3v) is 3.91. The van der Waals surface area contributed by atoms with Crippen LogP contribution in [0.4, 0.5) is 4.39 Å². The van der Waals surface area contributed by atoms with Crippen LogP contribution in [0.25, 0.3) is 0 Å². The van der Waals surface area contributed by atoms with E-state index in [2.05, 4.69) is 19.9 Å². The first-order chi connectivity index (χ1) is 9.02. The van der Waals surface area contributed by atoms with E-state index in [1.54, 1.807) is 12.1 Å². The maximum absolute atomic E-state index is 13.0. The predicted molar refractivity (Wildman–Crippen MR) is 72.1 cm³/mol. The minimum atomic E-state index is -0.230. The highest BCUT2D eigenvalue weighted by Crippen LogP contribution is 2.39. The van der Waals surface area contributed by atoms with E-state index in [-0.39, 0.29) is 17.3 Å². The van der Waals surface area contributed by atoms with Gasteiger partial charge in [0.25, 0.3) is 0 Å². The molecule has 0 aliphatic carbocycles. The topological polar surface area (TPSA) is 33.0 Å². The number of nitrogens with zero attached hydrogens (tertiary/aromatic N) is 1. The van der Waals surface area contributed by atoms with E-state index in [9.17, 15) is 4.39 Å². The first-order valence-corrected chi connectivity index (χ1v) is 6.78. The van der Waals surface area contributed by atoms with Gasteiger partial charge in [-0.1, -0.05) is 12.1 Å². The van der Waals surface area contributed by atoms with Crippen LogP contribution in [0.3, 0.4) is 0 Å². The molecular weight excluding hydrogens is 241 g/mol. The number of hydrogen-bond acceptors (Lipinski definition) is 2. The maximum atomic E-state index is 13.0. The van der Waals surface area contributed by atoms with Crippen LogP contribution in [0.15, 0.2) is 24.3 Å². The fourth-order valence-electron chi connectivity index (χ4n) is 2.99. The zero-order chi connectivity index (χ0) is 13.9. The Bertz CT molecular complexity index is 461. The third-order valence-electron chi connectivity index (χ3n) is 3.91. The molecule has 0 aromatic heterocycles. The molecule has 19 heavy (non-hydrogen) atoms. The molecule has 0 spiro atoms. The van der Waals surface area contributed by atoms with Crippen molar-refractivity contribution in [1.82, 2.24) is 0 Å². The Morgan fingerprint density at radius 1 is 1.42 bits per heavy atom. The van der Waals surface area contributed by atoms with Gasteiger partial charge in [-0.2, -0.15) is 5.26 Å². The van der Waals surface area contributed by atoms with Crippen LogP contribution in [0.1, 0.15) is 44.6 Å². The molecule has 0 bridgehead atoms. The molecule has 1 aromatic carbocycles. The highest BCUT2D eigenvalue weighted by atomic mass is 19.1. The molecule has 3 heteroatoms. The van der Waals surface area contributed by atoms with Gasteiger partial charge in [0.15, 0.2) is 0 Å². The molecule has 0 amide bonds. The van der Waals surface area contributed by atoms with Crippen molar-refractivity contribution in [2.75, 3.05) is 6.61 Å². The van der Waals surface area contributed by atoms with Crippen molar-refractivity contribution in [3.05, 3.63) is 35.6 Å². The number of halogens is 1. The van der Waals surface area contributed by atoms with Gasteiger partial charge in [0.2, 0.25) is 0 Å². The second-order valence-corrected chi connectivity index (χ2v) is 5.88. The first-order valence-electron chi connectivity index (χ1n) is 6.78. The minimum Gasteiger partial charge on any atom is -0.376 e. The van der Waals surface area contributed by atoms with E-state index in [1.807, 2.05) is 0 Å². The summed E-state index contributed by atoms with van der Waals surface area (Å²) in [4.78, 5) is 0. The van der Waals surface area contributed by atoms with E-state index in [4.69, 9.17) is 10.00 Å². The standard InChI is InChI=1S/C16H20FNO/c1-16(2)11-13(8-10-19-16)15(7-9-18)12-3-5-14(17)6-4-12/h3-6,13,15H,7-8,10-11H2,1-2H3. The van der Waals surface area contributed by atoms with E-state index in [0.717, 1.165) is 25.0 Å². The monoisotopic (exact) mass is 261 g/mol. The minimum absolute atomic E-state index is 0.128. The second-order valence-electron chi connectivity index (χ2n) is 5.88. The van der Waals surface area contributed by atoms with Crippen LogP contribution in [0.2, 0.25) is 0 Å². The maximum Gasteiger partial charge on any atom is 0.123 e. The van der Waals surface area contributed by atoms with Gasteiger partial charge in [-0.25, -0.2) is 4.39 Å². The number of ether oxygens (including phenoxy) is 1. The Morgan fingerprint density at radius 2 is 2.11 bits per heavy atom. The zero-order valence-corrected chi connectivity index (χ0v) is 11.5. The molecule has 2 nitrogen and oxygen atoms in total. The van der Waals surface area contributed by atoms with Gasteiger partial charge in [0, 0.05) is 13.0 Å². The van der Waals surface area contributed by atoms with Gasteiger partial charge in [0.1, 0.15) is 5.82 Å². The molecule has 2 atom stereocenters. The van der Waals surface area contributed by atoms with Crippen molar-refractivity contribution >= 4 is 0 Å². The smallest absolute Gasteiger partial charge is 0.123 e. The summed E-state index contributed by atoms with van der Waals surface area (Å²) in [5, 5.41) is 9.06. The van der Waals surface area contributed by atoms with E-state index >= 15 is 0 Å². The molecule has 1 aliphatic rings. The number of hydrogen-bond donors (Lipinski definition) is 0. The Balaban J connectivity index is 2.20. The average molecular weight is 261 g/mol. The van der Waals surface area contributed by atoms with Crippen LogP contribution in [0, 0.1) is 23.1 Å². The van der Waals surface area contributed by atoms with Gasteiger partial charge < -0.3 is 4.74 Å². The summed E-state index contributed by atoms with van der Waals surface area (Å²) >= 11 is 0. The number of benzene rings is 1. The van der Waals surface area contributed by atoms with Crippen LogP contribution in [0.5, 0.6) is 0 Å². The van der Waals surface area contributed by atoms with Crippen LogP contribution in [-0.2, 0) is 4.74 Å². The molecule has 1 aromatic rings. The Labute approximate surface area is 114 Å². The first kappa shape index (κ1) is 14.0. The van der Waals surface area contributed by atoms with Gasteiger partial charge in [-0.05, 0) is 56.2 Å². The van der Waals surface area contributed by atoms with Crippen molar-refractivity contribution in [2.24, 2.45) is 5.92 Å². The SMILES string of the molecule is CC1(C)CC(C(CC#N)c2ccc(F)cc2)CCO1. The van der Waals surface area contributed by atoms with E-state index < -0.39 is 0 Å². The zero-order valence-electron chi connectivity index (χ0n) is 11.5. The largest absolute Gasteiger partial charge is 0.376 e. The quantitative estimate of drug-likeness (QED) is 0.823. The fraction of sp³-hybridized carbons (Fsp3) is 0.562. The van der Waals surface area contributed by atoms with Crippen molar-refractivity contribution < 1.29 is 9.13 Å². The molecule has 1 fully saturated rings. The Kier molecular flexibility index (Phi) is 4.21. The summed E-state index contributed by atoms with van der Waals surface area (Å²) in [6.45, 7) is 4.92. The lowest BCUT2D eigenvalue weighted by molar-refractivity contribution is -0.0766. The van der Waals surface area contributed by atoms with E-state index in [1.165, 1.54) is 12.1 Å². The third kappa shape index (κ3) is 3.54. The lowest BCUT2D eigenvalue weighted by Crippen LogP contribution is -2.36. The molecule has 0 saturated carbocycles. The molecule has 2 unspecified atom stereocenters. The van der Waals surface area contributed by atoms with Crippen LogP contribution in [-0.4, -0.2) is 12.2 Å². The molecule has 1 aliphatic heterocycles. The summed E-state index contributed by atoms with van der Waals surface area (Å²) in [5.41, 5.74) is 0.932. The molecule has 0 N–H and O–H groups in total. The summed E-state index contributed by atoms with van der Waals surface area (Å²) in [7, 11) is 0. The lowest BCUT2D eigenvalue weighted by Gasteiger charge is -2.39. The molecule has 0 radical (unpaired) electrons. The van der Waals surface area contributed by atoms with Gasteiger partial charge in [0.05, 0.1) is 11.7 Å². The summed E-state index contributed by atoms with van der Waals surface area (Å²) in [5.74, 6) is 0.370. The highest BCUT2D eigenvalue weighted by Gasteiger charge is 2.34. The lowest BCUT2D eigenvalue weighted by atomic mass is 9.75. The second kappa shape index (κ2) is 5.71. The van der Waals surface area contributed by atoms with Gasteiger partial charge >= 0.3 is 0 Å².